The SMILES string of the molecule is Cl.NCc1ccc(C(=O)NC2CCN(c3cccc(Cl)c3)C2)cc1. The first kappa shape index (κ1) is 18.6. The van der Waals surface area contributed by atoms with E-state index in [1.807, 2.05) is 48.5 Å². The number of nitrogens with zero attached hydrogens (tertiary/aromatic N) is 1. The molecule has 0 saturated carbocycles. The highest BCUT2D eigenvalue weighted by molar-refractivity contribution is 6.30. The number of amides is 1. The van der Waals surface area contributed by atoms with E-state index in [1.54, 1.807) is 0 Å². The van der Waals surface area contributed by atoms with Crippen molar-refractivity contribution >= 4 is 35.6 Å². The van der Waals surface area contributed by atoms with E-state index in [0.717, 1.165) is 35.8 Å². The third-order valence-electron chi connectivity index (χ3n) is 4.15. The van der Waals surface area contributed by atoms with Gasteiger partial charge in [-0.05, 0) is 42.3 Å². The van der Waals surface area contributed by atoms with Crippen molar-refractivity contribution in [2.45, 2.75) is 19.0 Å². The van der Waals surface area contributed by atoms with Crippen LogP contribution in [-0.4, -0.2) is 25.0 Å². The highest BCUT2D eigenvalue weighted by Crippen LogP contribution is 2.23. The largest absolute Gasteiger partial charge is 0.369 e. The van der Waals surface area contributed by atoms with E-state index in [4.69, 9.17) is 17.3 Å². The summed E-state index contributed by atoms with van der Waals surface area (Å²) in [6, 6.07) is 15.4. The predicted molar refractivity (Wildman–Crippen MR) is 101 cm³/mol. The van der Waals surface area contributed by atoms with Crippen molar-refractivity contribution in [2.24, 2.45) is 5.73 Å². The summed E-state index contributed by atoms with van der Waals surface area (Å²) in [6.45, 7) is 2.20. The van der Waals surface area contributed by atoms with Crippen molar-refractivity contribution < 1.29 is 4.79 Å². The van der Waals surface area contributed by atoms with E-state index < -0.39 is 0 Å². The molecule has 1 saturated heterocycles. The lowest BCUT2D eigenvalue weighted by Crippen LogP contribution is -2.37. The van der Waals surface area contributed by atoms with Gasteiger partial charge in [-0.2, -0.15) is 0 Å². The fraction of sp³-hybridized carbons (Fsp3) is 0.278. The number of hydrogen-bond donors (Lipinski definition) is 2. The normalized spacial score (nSPS) is 16.6. The van der Waals surface area contributed by atoms with Gasteiger partial charge in [0.25, 0.3) is 5.91 Å². The van der Waals surface area contributed by atoms with Gasteiger partial charge in [-0.15, -0.1) is 12.4 Å². The summed E-state index contributed by atoms with van der Waals surface area (Å²) in [7, 11) is 0. The van der Waals surface area contributed by atoms with Gasteiger partial charge in [-0.25, -0.2) is 0 Å². The summed E-state index contributed by atoms with van der Waals surface area (Å²) in [6.07, 6.45) is 0.930. The Morgan fingerprint density at radius 1 is 1.25 bits per heavy atom. The second kappa shape index (κ2) is 8.38. The third-order valence-corrected chi connectivity index (χ3v) is 4.38. The molecule has 2 aromatic rings. The molecule has 0 aromatic heterocycles. The van der Waals surface area contributed by atoms with E-state index in [1.165, 1.54) is 0 Å². The Morgan fingerprint density at radius 2 is 2.00 bits per heavy atom. The molecule has 3 rings (SSSR count). The van der Waals surface area contributed by atoms with Gasteiger partial charge in [-0.3, -0.25) is 4.79 Å². The molecule has 1 unspecified atom stereocenters. The molecule has 1 aliphatic heterocycles. The Labute approximate surface area is 153 Å². The summed E-state index contributed by atoms with van der Waals surface area (Å²) in [5, 5.41) is 3.83. The fourth-order valence-corrected chi connectivity index (χ4v) is 3.03. The van der Waals surface area contributed by atoms with E-state index >= 15 is 0 Å². The number of halogens is 2. The predicted octanol–water partition coefficient (Wildman–Crippen LogP) is 3.23. The summed E-state index contributed by atoms with van der Waals surface area (Å²) >= 11 is 6.04. The first-order valence-electron chi connectivity index (χ1n) is 7.76. The second-order valence-electron chi connectivity index (χ2n) is 5.79. The van der Waals surface area contributed by atoms with Gasteiger partial charge in [-0.1, -0.05) is 29.8 Å². The van der Waals surface area contributed by atoms with E-state index in [0.29, 0.717) is 12.1 Å². The number of hydrogen-bond acceptors (Lipinski definition) is 3. The molecule has 4 nitrogen and oxygen atoms in total. The molecule has 2 aromatic carbocycles. The molecule has 6 heteroatoms. The van der Waals surface area contributed by atoms with Crippen LogP contribution in [0.25, 0.3) is 0 Å². The molecule has 1 atom stereocenters. The zero-order chi connectivity index (χ0) is 16.2. The van der Waals surface area contributed by atoms with Crippen LogP contribution >= 0.6 is 24.0 Å². The topological polar surface area (TPSA) is 58.4 Å². The van der Waals surface area contributed by atoms with Crippen molar-refractivity contribution in [3.63, 3.8) is 0 Å². The summed E-state index contributed by atoms with van der Waals surface area (Å²) in [4.78, 5) is 14.6. The number of benzene rings is 2. The van der Waals surface area contributed by atoms with Crippen molar-refractivity contribution in [3.8, 4) is 0 Å². The minimum Gasteiger partial charge on any atom is -0.369 e. The van der Waals surface area contributed by atoms with Crippen LogP contribution in [-0.2, 0) is 6.54 Å². The molecule has 1 amide bonds. The third kappa shape index (κ3) is 4.41. The maximum absolute atomic E-state index is 12.3. The van der Waals surface area contributed by atoms with Gasteiger partial charge in [0.2, 0.25) is 0 Å². The lowest BCUT2D eigenvalue weighted by molar-refractivity contribution is 0.0940. The van der Waals surface area contributed by atoms with Gasteiger partial charge >= 0.3 is 0 Å². The molecule has 0 aliphatic carbocycles. The standard InChI is InChI=1S/C18H20ClN3O.ClH/c19-15-2-1-3-17(10-15)22-9-8-16(12-22)21-18(23)14-6-4-13(11-20)5-7-14;/h1-7,10,16H,8-9,11-12,20H2,(H,21,23);1H. The van der Waals surface area contributed by atoms with Gasteiger partial charge in [0.05, 0.1) is 0 Å². The number of nitrogens with one attached hydrogen (secondary N) is 1. The first-order valence-corrected chi connectivity index (χ1v) is 8.14. The van der Waals surface area contributed by atoms with Gasteiger partial charge < -0.3 is 16.0 Å². The number of nitrogens with two attached hydrogens (primary N) is 1. The van der Waals surface area contributed by atoms with E-state index in [-0.39, 0.29) is 24.4 Å². The van der Waals surface area contributed by atoms with Crippen LogP contribution in [0.2, 0.25) is 5.02 Å². The highest BCUT2D eigenvalue weighted by Gasteiger charge is 2.24. The quantitative estimate of drug-likeness (QED) is 0.874. The zero-order valence-corrected chi connectivity index (χ0v) is 14.8. The lowest BCUT2D eigenvalue weighted by Gasteiger charge is -2.19. The van der Waals surface area contributed by atoms with Crippen LogP contribution in [0.4, 0.5) is 5.69 Å². The van der Waals surface area contributed by atoms with E-state index in [9.17, 15) is 4.79 Å². The Hall–Kier alpha value is -1.75. The average molecular weight is 366 g/mol. The molecule has 1 fully saturated rings. The smallest absolute Gasteiger partial charge is 0.251 e. The zero-order valence-electron chi connectivity index (χ0n) is 13.2. The molecule has 1 heterocycles. The molecular formula is C18H21Cl2N3O. The van der Waals surface area contributed by atoms with Gasteiger partial charge in [0.15, 0.2) is 0 Å². The van der Waals surface area contributed by atoms with Crippen LogP contribution in [0.3, 0.4) is 0 Å². The molecular weight excluding hydrogens is 345 g/mol. The second-order valence-corrected chi connectivity index (χ2v) is 6.22. The first-order chi connectivity index (χ1) is 11.2. The van der Waals surface area contributed by atoms with Crippen LogP contribution in [0.1, 0.15) is 22.3 Å². The molecule has 3 N–H and O–H groups in total. The van der Waals surface area contributed by atoms with Crippen LogP contribution < -0.4 is 16.0 Å². The molecule has 0 radical (unpaired) electrons. The monoisotopic (exact) mass is 365 g/mol. The molecule has 0 bridgehead atoms. The van der Waals surface area contributed by atoms with Gasteiger partial charge in [0, 0.05) is 41.9 Å². The van der Waals surface area contributed by atoms with Crippen molar-refractivity contribution in [2.75, 3.05) is 18.0 Å². The average Bonchev–Trinajstić information content (AvgIpc) is 3.03. The highest BCUT2D eigenvalue weighted by atomic mass is 35.5. The van der Waals surface area contributed by atoms with Crippen molar-refractivity contribution in [3.05, 3.63) is 64.7 Å². The van der Waals surface area contributed by atoms with Crippen LogP contribution in [0.5, 0.6) is 0 Å². The van der Waals surface area contributed by atoms with Gasteiger partial charge in [0.1, 0.15) is 0 Å². The molecule has 128 valence electrons. The summed E-state index contributed by atoms with van der Waals surface area (Å²) in [5.41, 5.74) is 8.36. The van der Waals surface area contributed by atoms with E-state index in [2.05, 4.69) is 10.2 Å². The maximum atomic E-state index is 12.3. The Kier molecular flexibility index (Phi) is 6.49. The van der Waals surface area contributed by atoms with Crippen molar-refractivity contribution in [1.29, 1.82) is 0 Å². The number of carbonyl (C=O) groups excluding carboxylic acids is 1. The Bertz CT molecular complexity index is 691. The Morgan fingerprint density at radius 3 is 2.67 bits per heavy atom. The fourth-order valence-electron chi connectivity index (χ4n) is 2.85. The molecule has 1 aliphatic rings. The summed E-state index contributed by atoms with van der Waals surface area (Å²) < 4.78 is 0. The summed E-state index contributed by atoms with van der Waals surface area (Å²) in [5.74, 6) is -0.0356. The van der Waals surface area contributed by atoms with Crippen LogP contribution in [0, 0.1) is 0 Å². The maximum Gasteiger partial charge on any atom is 0.251 e. The minimum atomic E-state index is -0.0356. The van der Waals surface area contributed by atoms with Crippen LogP contribution in [0.15, 0.2) is 48.5 Å². The Balaban J connectivity index is 0.00000208. The molecule has 0 spiro atoms. The number of carbonyl (C=O) groups is 1. The molecule has 24 heavy (non-hydrogen) atoms. The number of rotatable bonds is 4. The lowest BCUT2D eigenvalue weighted by atomic mass is 10.1. The minimum absolute atomic E-state index is 0. The van der Waals surface area contributed by atoms with Crippen molar-refractivity contribution in [1.82, 2.24) is 5.32 Å². The number of anilines is 1.